The molecular formula is C8H5FN3. The Morgan fingerprint density at radius 1 is 1.25 bits per heavy atom. The minimum Gasteiger partial charge on any atom is -0.243 e. The Bertz CT molecular complexity index is 340. The van der Waals surface area contributed by atoms with E-state index in [1.54, 1.807) is 12.3 Å². The third-order valence-corrected chi connectivity index (χ3v) is 1.48. The van der Waals surface area contributed by atoms with Gasteiger partial charge in [0.2, 0.25) is 5.95 Å². The van der Waals surface area contributed by atoms with Crippen molar-refractivity contribution < 1.29 is 4.39 Å². The van der Waals surface area contributed by atoms with E-state index in [0.717, 1.165) is 5.56 Å². The highest BCUT2D eigenvalue weighted by atomic mass is 19.1. The molecule has 0 N–H and O–H groups in total. The van der Waals surface area contributed by atoms with Crippen LogP contribution >= 0.6 is 0 Å². The van der Waals surface area contributed by atoms with E-state index in [9.17, 15) is 4.39 Å². The first-order valence-electron chi connectivity index (χ1n) is 3.41. The molecule has 59 valence electrons. The zero-order chi connectivity index (χ0) is 8.39. The van der Waals surface area contributed by atoms with Gasteiger partial charge in [-0.3, -0.25) is 0 Å². The van der Waals surface area contributed by atoms with E-state index in [1.807, 2.05) is 0 Å². The maximum atomic E-state index is 12.4. The average Bonchev–Trinajstić information content (AvgIpc) is 2.58. The van der Waals surface area contributed by atoms with Gasteiger partial charge in [-0.2, -0.15) is 4.39 Å². The van der Waals surface area contributed by atoms with E-state index in [0.29, 0.717) is 5.70 Å². The van der Waals surface area contributed by atoms with Crippen molar-refractivity contribution >= 4 is 12.0 Å². The summed E-state index contributed by atoms with van der Waals surface area (Å²) >= 11 is 0. The van der Waals surface area contributed by atoms with Crippen LogP contribution in [0, 0.1) is 5.95 Å². The molecule has 0 unspecified atom stereocenters. The average molecular weight is 162 g/mol. The van der Waals surface area contributed by atoms with Crippen molar-refractivity contribution in [1.82, 2.24) is 10.3 Å². The van der Waals surface area contributed by atoms with Gasteiger partial charge in [-0.25, -0.2) is 15.3 Å². The van der Waals surface area contributed by atoms with E-state index in [1.165, 1.54) is 18.6 Å². The Hall–Kier alpha value is -1.71. The van der Waals surface area contributed by atoms with E-state index in [-0.39, 0.29) is 0 Å². The van der Waals surface area contributed by atoms with Crippen molar-refractivity contribution in [2.75, 3.05) is 0 Å². The number of aromatic nitrogens is 1. The highest BCUT2D eigenvalue weighted by molar-refractivity contribution is 5.78. The summed E-state index contributed by atoms with van der Waals surface area (Å²) in [5.41, 5.74) is 1.48. The van der Waals surface area contributed by atoms with Crippen LogP contribution in [0.4, 0.5) is 4.39 Å². The molecule has 0 saturated carbocycles. The van der Waals surface area contributed by atoms with Gasteiger partial charge in [-0.1, -0.05) is 0 Å². The van der Waals surface area contributed by atoms with Crippen LogP contribution in [0.15, 0.2) is 29.5 Å². The predicted molar refractivity (Wildman–Crippen MR) is 42.8 cm³/mol. The fourth-order valence-corrected chi connectivity index (χ4v) is 0.909. The van der Waals surface area contributed by atoms with Crippen LogP contribution in [-0.4, -0.2) is 11.3 Å². The minimum absolute atomic E-state index is 0.488. The second-order valence-electron chi connectivity index (χ2n) is 2.28. The van der Waals surface area contributed by atoms with Gasteiger partial charge in [0.15, 0.2) is 0 Å². The zero-order valence-corrected chi connectivity index (χ0v) is 6.11. The molecule has 0 bridgehead atoms. The summed E-state index contributed by atoms with van der Waals surface area (Å²) in [6, 6.07) is 2.91. The number of hydrogen-bond donors (Lipinski definition) is 0. The van der Waals surface area contributed by atoms with Crippen LogP contribution in [0.3, 0.4) is 0 Å². The first kappa shape index (κ1) is 6.97. The maximum Gasteiger partial charge on any atom is 0.212 e. The summed E-state index contributed by atoms with van der Waals surface area (Å²) in [5.74, 6) is -0.488. The van der Waals surface area contributed by atoms with Gasteiger partial charge in [0.05, 0.1) is 11.9 Å². The van der Waals surface area contributed by atoms with Gasteiger partial charge in [0.1, 0.15) is 6.34 Å². The van der Waals surface area contributed by atoms with Crippen LogP contribution in [0.2, 0.25) is 0 Å². The van der Waals surface area contributed by atoms with Crippen molar-refractivity contribution in [2.45, 2.75) is 0 Å². The summed E-state index contributed by atoms with van der Waals surface area (Å²) in [7, 11) is 0. The third-order valence-electron chi connectivity index (χ3n) is 1.48. The molecule has 1 aromatic heterocycles. The molecule has 0 aromatic carbocycles. The lowest BCUT2D eigenvalue weighted by atomic mass is 10.2. The molecule has 0 saturated heterocycles. The Morgan fingerprint density at radius 3 is 2.75 bits per heavy atom. The van der Waals surface area contributed by atoms with Crippen LogP contribution in [-0.2, 0) is 0 Å². The number of aliphatic imine (C=N–C) groups is 1. The molecule has 4 heteroatoms. The van der Waals surface area contributed by atoms with Crippen LogP contribution in [0.25, 0.3) is 5.70 Å². The lowest BCUT2D eigenvalue weighted by molar-refractivity contribution is 0.583. The van der Waals surface area contributed by atoms with E-state index in [2.05, 4.69) is 15.3 Å². The first-order valence-corrected chi connectivity index (χ1v) is 3.41. The summed E-state index contributed by atoms with van der Waals surface area (Å²) in [5, 5.41) is 3.79. The Balaban J connectivity index is 2.35. The lowest BCUT2D eigenvalue weighted by Gasteiger charge is -1.95. The maximum absolute atomic E-state index is 12.4. The Morgan fingerprint density at radius 2 is 2.17 bits per heavy atom. The van der Waals surface area contributed by atoms with Crippen molar-refractivity contribution in [2.24, 2.45) is 4.99 Å². The van der Waals surface area contributed by atoms with Gasteiger partial charge in [-0.15, -0.1) is 0 Å². The molecule has 1 aliphatic rings. The fraction of sp³-hybridized carbons (Fsp3) is 0. The lowest BCUT2D eigenvalue weighted by Crippen LogP contribution is -1.85. The topological polar surface area (TPSA) is 39.4 Å². The van der Waals surface area contributed by atoms with Crippen LogP contribution in [0.1, 0.15) is 5.56 Å². The second kappa shape index (κ2) is 2.73. The zero-order valence-electron chi connectivity index (χ0n) is 6.11. The molecule has 1 aromatic rings. The number of nitrogens with zero attached hydrogens (tertiary/aromatic N) is 3. The van der Waals surface area contributed by atoms with Crippen molar-refractivity contribution in [3.63, 3.8) is 0 Å². The van der Waals surface area contributed by atoms with Crippen molar-refractivity contribution in [3.8, 4) is 0 Å². The minimum atomic E-state index is -0.488. The van der Waals surface area contributed by atoms with E-state index >= 15 is 0 Å². The largest absolute Gasteiger partial charge is 0.243 e. The van der Waals surface area contributed by atoms with Gasteiger partial charge in [0, 0.05) is 11.8 Å². The number of halogens is 1. The normalized spacial score (nSPS) is 14.2. The monoisotopic (exact) mass is 162 g/mol. The Kier molecular flexibility index (Phi) is 1.59. The molecule has 0 atom stereocenters. The van der Waals surface area contributed by atoms with Gasteiger partial charge in [0.25, 0.3) is 0 Å². The number of rotatable bonds is 1. The van der Waals surface area contributed by atoms with E-state index < -0.39 is 5.95 Å². The molecule has 0 fully saturated rings. The fourth-order valence-electron chi connectivity index (χ4n) is 0.909. The molecule has 2 rings (SSSR count). The smallest absolute Gasteiger partial charge is 0.212 e. The molecule has 0 spiro atoms. The predicted octanol–water partition coefficient (Wildman–Crippen LogP) is 1.17. The third kappa shape index (κ3) is 1.18. The molecular weight excluding hydrogens is 157 g/mol. The van der Waals surface area contributed by atoms with Crippen LogP contribution in [0.5, 0.6) is 0 Å². The molecule has 0 amide bonds. The SMILES string of the molecule is Fc1ccc(C2=C[N]C=N2)cn1. The summed E-state index contributed by atoms with van der Waals surface area (Å²) in [6.45, 7) is 0. The number of hydrogen-bond acceptors (Lipinski definition) is 2. The van der Waals surface area contributed by atoms with E-state index in [4.69, 9.17) is 0 Å². The highest BCUT2D eigenvalue weighted by Crippen LogP contribution is 2.15. The molecule has 0 aliphatic carbocycles. The molecule has 2 heterocycles. The van der Waals surface area contributed by atoms with Crippen molar-refractivity contribution in [1.29, 1.82) is 0 Å². The van der Waals surface area contributed by atoms with Gasteiger partial charge >= 0.3 is 0 Å². The van der Waals surface area contributed by atoms with Gasteiger partial charge < -0.3 is 0 Å². The molecule has 1 aliphatic heterocycles. The molecule has 1 radical (unpaired) electrons. The van der Waals surface area contributed by atoms with Crippen molar-refractivity contribution in [3.05, 3.63) is 36.0 Å². The standard InChI is InChI=1S/C8H5FN3/c9-8-2-1-6(3-11-8)7-4-10-5-12-7/h1-5H. The summed E-state index contributed by atoms with van der Waals surface area (Å²) in [6.07, 6.45) is 4.48. The number of pyridine rings is 1. The quantitative estimate of drug-likeness (QED) is 0.571. The van der Waals surface area contributed by atoms with Crippen LogP contribution < -0.4 is 5.32 Å². The highest BCUT2D eigenvalue weighted by Gasteiger charge is 2.03. The Labute approximate surface area is 68.7 Å². The second-order valence-corrected chi connectivity index (χ2v) is 2.28. The van der Waals surface area contributed by atoms with Gasteiger partial charge in [-0.05, 0) is 12.1 Å². The molecule has 12 heavy (non-hydrogen) atoms. The first-order chi connectivity index (χ1) is 5.86. The summed E-state index contributed by atoms with van der Waals surface area (Å²) < 4.78 is 12.4. The molecule has 3 nitrogen and oxygen atoms in total. The summed E-state index contributed by atoms with van der Waals surface area (Å²) in [4.78, 5) is 7.44.